The molecule has 1 aromatic carbocycles. The van der Waals surface area contributed by atoms with Gasteiger partial charge in [0.2, 0.25) is 5.91 Å². The van der Waals surface area contributed by atoms with E-state index in [4.69, 9.17) is 0 Å². The third kappa shape index (κ3) is 3.18. The quantitative estimate of drug-likeness (QED) is 0.777. The summed E-state index contributed by atoms with van der Waals surface area (Å²) in [4.78, 5) is 32.1. The Labute approximate surface area is 157 Å². The van der Waals surface area contributed by atoms with Crippen LogP contribution < -0.4 is 10.5 Å². The summed E-state index contributed by atoms with van der Waals surface area (Å²) in [7, 11) is 0. The lowest BCUT2D eigenvalue weighted by atomic mass is 10.0. The monoisotopic (exact) mass is 369 g/mol. The lowest BCUT2D eigenvalue weighted by molar-refractivity contribution is -0.119. The predicted molar refractivity (Wildman–Crippen MR) is 104 cm³/mol. The lowest BCUT2D eigenvalue weighted by Crippen LogP contribution is -2.37. The second-order valence-electron chi connectivity index (χ2n) is 6.93. The van der Waals surface area contributed by atoms with Crippen molar-refractivity contribution < 1.29 is 4.79 Å². The Kier molecular flexibility index (Phi) is 4.85. The molecule has 2 aromatic rings. The van der Waals surface area contributed by atoms with E-state index in [1.54, 1.807) is 22.4 Å². The summed E-state index contributed by atoms with van der Waals surface area (Å²) in [6.07, 6.45) is 4.14. The van der Waals surface area contributed by atoms with Crippen molar-refractivity contribution in [3.05, 3.63) is 51.9 Å². The lowest BCUT2D eigenvalue weighted by Gasteiger charge is -2.30. The van der Waals surface area contributed by atoms with E-state index in [9.17, 15) is 9.59 Å². The van der Waals surface area contributed by atoms with Crippen LogP contribution >= 0.6 is 11.8 Å². The second-order valence-corrected chi connectivity index (χ2v) is 7.92. The first kappa shape index (κ1) is 17.3. The van der Waals surface area contributed by atoms with E-state index in [0.29, 0.717) is 6.42 Å². The number of rotatable bonds is 4. The van der Waals surface area contributed by atoms with Crippen LogP contribution in [0.1, 0.15) is 43.5 Å². The number of para-hydroxylation sites is 1. The van der Waals surface area contributed by atoms with Gasteiger partial charge < -0.3 is 4.90 Å². The Bertz CT molecular complexity index is 893. The third-order valence-corrected chi connectivity index (χ3v) is 6.17. The van der Waals surface area contributed by atoms with Gasteiger partial charge in [-0.05, 0) is 30.9 Å². The fourth-order valence-corrected chi connectivity index (χ4v) is 5.01. The maximum Gasteiger partial charge on any atom is 0.254 e. The van der Waals surface area contributed by atoms with Crippen molar-refractivity contribution in [3.63, 3.8) is 0 Å². The number of hydrogen-bond acceptors (Lipinski definition) is 4. The van der Waals surface area contributed by atoms with E-state index in [2.05, 4.69) is 18.0 Å². The molecule has 2 aliphatic heterocycles. The highest BCUT2D eigenvalue weighted by molar-refractivity contribution is 7.99. The predicted octanol–water partition coefficient (Wildman–Crippen LogP) is 3.21. The van der Waals surface area contributed by atoms with Crippen LogP contribution in [0.25, 0.3) is 0 Å². The van der Waals surface area contributed by atoms with Crippen molar-refractivity contribution in [2.75, 3.05) is 17.2 Å². The maximum absolute atomic E-state index is 13.0. The summed E-state index contributed by atoms with van der Waals surface area (Å²) in [5, 5.41) is 0.762. The molecule has 1 aromatic heterocycles. The van der Waals surface area contributed by atoms with Gasteiger partial charge >= 0.3 is 0 Å². The van der Waals surface area contributed by atoms with E-state index in [0.717, 1.165) is 54.5 Å². The van der Waals surface area contributed by atoms with Gasteiger partial charge in [0.05, 0.1) is 6.04 Å². The largest absolute Gasteiger partial charge is 0.312 e. The summed E-state index contributed by atoms with van der Waals surface area (Å²) in [6, 6.07) is 9.65. The van der Waals surface area contributed by atoms with Crippen LogP contribution in [0.3, 0.4) is 0 Å². The van der Waals surface area contributed by atoms with E-state index >= 15 is 0 Å². The van der Waals surface area contributed by atoms with Gasteiger partial charge in [-0.2, -0.15) is 0 Å². The minimum atomic E-state index is -0.104. The summed E-state index contributed by atoms with van der Waals surface area (Å²) < 4.78 is 1.72. The minimum absolute atomic E-state index is 0.0275. The molecule has 0 saturated heterocycles. The van der Waals surface area contributed by atoms with Crippen molar-refractivity contribution in [3.8, 4) is 0 Å². The highest BCUT2D eigenvalue weighted by atomic mass is 32.2. The molecule has 2 aliphatic rings. The highest BCUT2D eigenvalue weighted by Gasteiger charge is 2.30. The fraction of sp³-hybridized carbons (Fsp3) is 0.450. The smallest absolute Gasteiger partial charge is 0.254 e. The summed E-state index contributed by atoms with van der Waals surface area (Å²) >= 11 is 1.59. The zero-order chi connectivity index (χ0) is 18.1. The van der Waals surface area contributed by atoms with Crippen molar-refractivity contribution in [2.24, 2.45) is 0 Å². The van der Waals surface area contributed by atoms with Crippen LogP contribution in [0.4, 0.5) is 5.69 Å². The van der Waals surface area contributed by atoms with Gasteiger partial charge in [0.1, 0.15) is 0 Å². The molecule has 0 aliphatic carbocycles. The Morgan fingerprint density at radius 3 is 3.04 bits per heavy atom. The fourth-order valence-electron chi connectivity index (χ4n) is 3.84. The number of carbonyl (C=O) groups excluding carboxylic acids is 1. The number of benzene rings is 1. The van der Waals surface area contributed by atoms with E-state index in [1.165, 1.54) is 5.56 Å². The molecule has 1 unspecified atom stereocenters. The van der Waals surface area contributed by atoms with E-state index < -0.39 is 0 Å². The Balaban J connectivity index is 1.56. The average molecular weight is 369 g/mol. The SMILES string of the molecule is CCCc1cc(=O)n2c(n1)SCC2CC(=O)N1CCCc2ccccc21. The van der Waals surface area contributed by atoms with Crippen molar-refractivity contribution in [1.29, 1.82) is 0 Å². The minimum Gasteiger partial charge on any atom is -0.312 e. The topological polar surface area (TPSA) is 55.2 Å². The van der Waals surface area contributed by atoms with Gasteiger partial charge in [-0.1, -0.05) is 43.3 Å². The standard InChI is InChI=1S/C20H23N3O2S/c1-2-6-15-11-19(25)23-16(13-26-20(23)21-15)12-18(24)22-10-5-8-14-7-3-4-9-17(14)22/h3-4,7,9,11,16H,2,5-6,8,10,12-13H2,1H3. The summed E-state index contributed by atoms with van der Waals surface area (Å²) in [5.41, 5.74) is 3.09. The molecule has 3 heterocycles. The van der Waals surface area contributed by atoms with Gasteiger partial charge in [-0.25, -0.2) is 4.98 Å². The molecule has 4 rings (SSSR count). The Morgan fingerprint density at radius 1 is 1.35 bits per heavy atom. The van der Waals surface area contributed by atoms with Crippen molar-refractivity contribution >= 4 is 23.4 Å². The first-order chi connectivity index (χ1) is 12.7. The van der Waals surface area contributed by atoms with Crippen LogP contribution in [0.5, 0.6) is 0 Å². The number of aryl methyl sites for hydroxylation is 2. The molecule has 136 valence electrons. The molecule has 1 atom stereocenters. The average Bonchev–Trinajstić information content (AvgIpc) is 3.04. The molecule has 5 nitrogen and oxygen atoms in total. The Hall–Kier alpha value is -2.08. The molecule has 0 saturated carbocycles. The molecule has 1 amide bonds. The van der Waals surface area contributed by atoms with E-state index in [1.807, 2.05) is 23.1 Å². The van der Waals surface area contributed by atoms with Crippen molar-refractivity contribution in [2.45, 2.75) is 50.2 Å². The zero-order valence-electron chi connectivity index (χ0n) is 15.0. The zero-order valence-corrected chi connectivity index (χ0v) is 15.8. The van der Waals surface area contributed by atoms with E-state index in [-0.39, 0.29) is 17.5 Å². The number of amides is 1. The highest BCUT2D eigenvalue weighted by Crippen LogP contribution is 2.34. The number of fused-ring (bicyclic) bond motifs is 2. The number of hydrogen-bond donors (Lipinski definition) is 0. The van der Waals surface area contributed by atoms with Gasteiger partial charge in [-0.3, -0.25) is 14.2 Å². The number of thioether (sulfide) groups is 1. The molecule has 6 heteroatoms. The summed E-state index contributed by atoms with van der Waals surface area (Å²) in [6.45, 7) is 2.84. The molecule has 0 bridgehead atoms. The number of aromatic nitrogens is 2. The van der Waals surface area contributed by atoms with Crippen LogP contribution in [0.15, 0.2) is 40.3 Å². The van der Waals surface area contributed by atoms with Crippen LogP contribution in [0.2, 0.25) is 0 Å². The first-order valence-electron chi connectivity index (χ1n) is 9.31. The van der Waals surface area contributed by atoms with Crippen molar-refractivity contribution in [1.82, 2.24) is 9.55 Å². The maximum atomic E-state index is 13.0. The number of nitrogens with zero attached hydrogens (tertiary/aromatic N) is 3. The molecular formula is C20H23N3O2S. The first-order valence-corrected chi connectivity index (χ1v) is 10.3. The Morgan fingerprint density at radius 2 is 2.19 bits per heavy atom. The molecule has 0 N–H and O–H groups in total. The molecule has 0 spiro atoms. The molecule has 26 heavy (non-hydrogen) atoms. The normalized spacial score (nSPS) is 18.5. The van der Waals surface area contributed by atoms with Gasteiger partial charge in [0, 0.05) is 36.2 Å². The molecule has 0 fully saturated rings. The van der Waals surface area contributed by atoms with Crippen LogP contribution in [-0.2, 0) is 17.6 Å². The van der Waals surface area contributed by atoms with Crippen LogP contribution in [0, 0.1) is 0 Å². The van der Waals surface area contributed by atoms with Gasteiger partial charge in [0.15, 0.2) is 5.16 Å². The van der Waals surface area contributed by atoms with Gasteiger partial charge in [-0.15, -0.1) is 0 Å². The molecular weight excluding hydrogens is 346 g/mol. The summed E-state index contributed by atoms with van der Waals surface area (Å²) in [5.74, 6) is 0.833. The van der Waals surface area contributed by atoms with Crippen LogP contribution in [-0.4, -0.2) is 27.8 Å². The third-order valence-electron chi connectivity index (χ3n) is 5.07. The molecule has 0 radical (unpaired) electrons. The number of carbonyl (C=O) groups is 1. The number of anilines is 1. The second kappa shape index (κ2) is 7.27. The van der Waals surface area contributed by atoms with Gasteiger partial charge in [0.25, 0.3) is 5.56 Å².